The standard InChI is InChI=1S/C30H27N5/c1-34-28-15-9-8-14-26(28)32-30(34)31-21-22-16-18-25(19-17-22)35-29(24-12-6-3-7-13-24)20-27(33-35)23-10-4-2-5-11-23/h2-19,29H,20-21H2,1H3,(H,31,32). The maximum atomic E-state index is 5.07. The van der Waals surface area contributed by atoms with Gasteiger partial charge in [-0.05, 0) is 41.0 Å². The van der Waals surface area contributed by atoms with Crippen LogP contribution in [-0.2, 0) is 13.6 Å². The van der Waals surface area contributed by atoms with Gasteiger partial charge >= 0.3 is 0 Å². The summed E-state index contributed by atoms with van der Waals surface area (Å²) < 4.78 is 2.10. The van der Waals surface area contributed by atoms with Crippen LogP contribution in [0.3, 0.4) is 0 Å². The lowest BCUT2D eigenvalue weighted by molar-refractivity contribution is 0.709. The van der Waals surface area contributed by atoms with Crippen LogP contribution in [0.15, 0.2) is 114 Å². The topological polar surface area (TPSA) is 45.5 Å². The summed E-state index contributed by atoms with van der Waals surface area (Å²) in [5.41, 5.74) is 7.99. The summed E-state index contributed by atoms with van der Waals surface area (Å²) in [7, 11) is 2.04. The minimum atomic E-state index is 0.176. The zero-order valence-electron chi connectivity index (χ0n) is 19.7. The van der Waals surface area contributed by atoms with E-state index < -0.39 is 0 Å². The van der Waals surface area contributed by atoms with Gasteiger partial charge in [0, 0.05) is 20.0 Å². The molecule has 5 aromatic rings. The van der Waals surface area contributed by atoms with Gasteiger partial charge in [-0.2, -0.15) is 5.10 Å². The number of nitrogens with zero attached hydrogens (tertiary/aromatic N) is 4. The van der Waals surface area contributed by atoms with Crippen molar-refractivity contribution in [1.82, 2.24) is 9.55 Å². The van der Waals surface area contributed by atoms with Gasteiger partial charge in [0.05, 0.1) is 28.5 Å². The highest BCUT2D eigenvalue weighted by Gasteiger charge is 2.29. The van der Waals surface area contributed by atoms with Gasteiger partial charge in [0.1, 0.15) is 0 Å². The monoisotopic (exact) mass is 457 g/mol. The second-order valence-corrected chi connectivity index (χ2v) is 8.89. The van der Waals surface area contributed by atoms with Crippen LogP contribution in [0, 0.1) is 0 Å². The number of hydrazone groups is 1. The van der Waals surface area contributed by atoms with Crippen molar-refractivity contribution in [3.8, 4) is 0 Å². The van der Waals surface area contributed by atoms with E-state index in [1.807, 2.05) is 31.3 Å². The Labute approximate surface area is 205 Å². The highest BCUT2D eigenvalue weighted by molar-refractivity contribution is 6.03. The first-order valence-corrected chi connectivity index (χ1v) is 12.0. The lowest BCUT2D eigenvalue weighted by Gasteiger charge is -2.24. The van der Waals surface area contributed by atoms with E-state index in [0.717, 1.165) is 34.8 Å². The molecule has 1 unspecified atom stereocenters. The second-order valence-electron chi connectivity index (χ2n) is 8.89. The number of aryl methyl sites for hydroxylation is 1. The van der Waals surface area contributed by atoms with Crippen molar-refractivity contribution in [2.45, 2.75) is 19.0 Å². The molecule has 0 aliphatic carbocycles. The Morgan fingerprint density at radius 3 is 2.23 bits per heavy atom. The molecule has 0 fully saturated rings. The molecule has 6 rings (SSSR count). The number of aromatic nitrogens is 2. The molecule has 0 saturated heterocycles. The first-order chi connectivity index (χ1) is 17.3. The fourth-order valence-electron chi connectivity index (χ4n) is 4.74. The summed E-state index contributed by atoms with van der Waals surface area (Å²) in [4.78, 5) is 4.71. The van der Waals surface area contributed by atoms with E-state index in [0.29, 0.717) is 6.54 Å². The van der Waals surface area contributed by atoms with Gasteiger partial charge in [-0.3, -0.25) is 5.01 Å². The van der Waals surface area contributed by atoms with Crippen molar-refractivity contribution < 1.29 is 0 Å². The maximum Gasteiger partial charge on any atom is 0.203 e. The van der Waals surface area contributed by atoms with Crippen LogP contribution in [0.5, 0.6) is 0 Å². The lowest BCUT2D eigenvalue weighted by atomic mass is 9.98. The smallest absolute Gasteiger partial charge is 0.203 e. The van der Waals surface area contributed by atoms with Crippen molar-refractivity contribution in [3.63, 3.8) is 0 Å². The zero-order chi connectivity index (χ0) is 23.6. The van der Waals surface area contributed by atoms with Crippen LogP contribution >= 0.6 is 0 Å². The number of hydrogen-bond donors (Lipinski definition) is 1. The number of nitrogens with one attached hydrogen (secondary N) is 1. The molecule has 1 aliphatic rings. The van der Waals surface area contributed by atoms with Gasteiger partial charge in [-0.15, -0.1) is 0 Å². The number of anilines is 2. The molecule has 1 atom stereocenters. The third-order valence-corrected chi connectivity index (χ3v) is 6.64. The molecule has 5 nitrogen and oxygen atoms in total. The van der Waals surface area contributed by atoms with Gasteiger partial charge < -0.3 is 9.88 Å². The summed E-state index contributed by atoms with van der Waals surface area (Å²) in [5.74, 6) is 0.871. The Balaban J connectivity index is 1.24. The van der Waals surface area contributed by atoms with E-state index in [9.17, 15) is 0 Å². The molecule has 0 radical (unpaired) electrons. The molecule has 172 valence electrons. The molecular weight excluding hydrogens is 430 g/mol. The van der Waals surface area contributed by atoms with Crippen molar-refractivity contribution in [2.24, 2.45) is 12.1 Å². The SMILES string of the molecule is Cn1c(NCc2ccc(N3N=C(c4ccccc4)CC3c3ccccc3)cc2)nc2ccccc21. The van der Waals surface area contributed by atoms with E-state index >= 15 is 0 Å². The molecule has 0 saturated carbocycles. The van der Waals surface area contributed by atoms with Crippen molar-refractivity contribution in [3.05, 3.63) is 126 Å². The quantitative estimate of drug-likeness (QED) is 0.315. The summed E-state index contributed by atoms with van der Waals surface area (Å²) in [6, 6.07) is 38.2. The van der Waals surface area contributed by atoms with Gasteiger partial charge in [0.15, 0.2) is 0 Å². The molecule has 0 amide bonds. The number of benzene rings is 4. The Bertz CT molecular complexity index is 1470. The number of rotatable bonds is 6. The van der Waals surface area contributed by atoms with Crippen molar-refractivity contribution in [2.75, 3.05) is 10.3 Å². The molecule has 35 heavy (non-hydrogen) atoms. The van der Waals surface area contributed by atoms with Crippen LogP contribution in [-0.4, -0.2) is 15.3 Å². The Hall–Kier alpha value is -4.38. The minimum Gasteiger partial charge on any atom is -0.352 e. The maximum absolute atomic E-state index is 5.07. The Morgan fingerprint density at radius 2 is 1.49 bits per heavy atom. The third kappa shape index (κ3) is 4.17. The fourth-order valence-corrected chi connectivity index (χ4v) is 4.74. The van der Waals surface area contributed by atoms with E-state index in [4.69, 9.17) is 10.1 Å². The average Bonchev–Trinajstić information content (AvgIpc) is 3.51. The van der Waals surface area contributed by atoms with Crippen LogP contribution in [0.4, 0.5) is 11.6 Å². The van der Waals surface area contributed by atoms with Crippen LogP contribution < -0.4 is 10.3 Å². The Kier molecular flexibility index (Phi) is 5.51. The summed E-state index contributed by atoms with van der Waals surface area (Å²) in [5, 5.41) is 10.7. The number of imidazole rings is 1. The second kappa shape index (κ2) is 9.11. The molecule has 0 bridgehead atoms. The van der Waals surface area contributed by atoms with Gasteiger partial charge in [0.25, 0.3) is 0 Å². The van der Waals surface area contributed by atoms with E-state index in [2.05, 4.69) is 99.8 Å². The summed E-state index contributed by atoms with van der Waals surface area (Å²) in [6.45, 7) is 0.706. The summed E-state index contributed by atoms with van der Waals surface area (Å²) >= 11 is 0. The van der Waals surface area contributed by atoms with Gasteiger partial charge in [0.2, 0.25) is 5.95 Å². The normalized spacial score (nSPS) is 15.4. The van der Waals surface area contributed by atoms with Crippen LogP contribution in [0.2, 0.25) is 0 Å². The molecular formula is C30H27N5. The summed E-state index contributed by atoms with van der Waals surface area (Å²) in [6.07, 6.45) is 0.879. The molecule has 0 spiro atoms. The highest BCUT2D eigenvalue weighted by Crippen LogP contribution is 2.36. The van der Waals surface area contributed by atoms with Crippen molar-refractivity contribution in [1.29, 1.82) is 0 Å². The Morgan fingerprint density at radius 1 is 0.800 bits per heavy atom. The lowest BCUT2D eigenvalue weighted by Crippen LogP contribution is -2.18. The van der Waals surface area contributed by atoms with E-state index in [-0.39, 0.29) is 6.04 Å². The van der Waals surface area contributed by atoms with E-state index in [1.54, 1.807) is 0 Å². The molecule has 4 aromatic carbocycles. The first kappa shape index (κ1) is 21.2. The van der Waals surface area contributed by atoms with Crippen LogP contribution in [0.25, 0.3) is 11.0 Å². The predicted octanol–water partition coefficient (Wildman–Crippen LogP) is 6.54. The largest absolute Gasteiger partial charge is 0.352 e. The predicted molar refractivity (Wildman–Crippen MR) is 144 cm³/mol. The highest BCUT2D eigenvalue weighted by atomic mass is 15.5. The fraction of sp³-hybridized carbons (Fsp3) is 0.133. The van der Waals surface area contributed by atoms with E-state index in [1.165, 1.54) is 16.7 Å². The molecule has 1 aromatic heterocycles. The number of hydrogen-bond acceptors (Lipinski definition) is 4. The van der Waals surface area contributed by atoms with Gasteiger partial charge in [-0.25, -0.2) is 4.98 Å². The zero-order valence-corrected chi connectivity index (χ0v) is 19.7. The van der Waals surface area contributed by atoms with Crippen molar-refractivity contribution >= 4 is 28.4 Å². The molecule has 5 heteroatoms. The molecule has 2 heterocycles. The minimum absolute atomic E-state index is 0.176. The van der Waals surface area contributed by atoms with Crippen LogP contribution in [0.1, 0.15) is 29.2 Å². The third-order valence-electron chi connectivity index (χ3n) is 6.64. The average molecular weight is 458 g/mol. The first-order valence-electron chi connectivity index (χ1n) is 12.0. The molecule has 1 N–H and O–H groups in total. The van der Waals surface area contributed by atoms with Gasteiger partial charge in [-0.1, -0.05) is 84.9 Å². The number of fused-ring (bicyclic) bond motifs is 1. The number of para-hydroxylation sites is 2. The molecule has 1 aliphatic heterocycles.